The first-order valence-corrected chi connectivity index (χ1v) is 8.31. The van der Waals surface area contributed by atoms with Gasteiger partial charge in [0.25, 0.3) is 5.56 Å². The molecule has 2 aliphatic rings. The summed E-state index contributed by atoms with van der Waals surface area (Å²) in [4.78, 5) is 22.0. The molecule has 2 aromatic rings. The van der Waals surface area contributed by atoms with Gasteiger partial charge in [-0.3, -0.25) is 9.69 Å². The molecule has 0 radical (unpaired) electrons. The number of aromatic nitrogens is 2. The first kappa shape index (κ1) is 15.3. The summed E-state index contributed by atoms with van der Waals surface area (Å²) in [6, 6.07) is 4.83. The van der Waals surface area contributed by atoms with E-state index in [1.807, 2.05) is 0 Å². The maximum absolute atomic E-state index is 14.1. The Kier molecular flexibility index (Phi) is 3.84. The lowest BCUT2D eigenvalue weighted by molar-refractivity contribution is 0.234. The van der Waals surface area contributed by atoms with Crippen LogP contribution < -0.4 is 10.3 Å². The molecule has 1 aromatic carbocycles. The molecule has 6 heteroatoms. The smallest absolute Gasteiger partial charge is 0.255 e. The van der Waals surface area contributed by atoms with Gasteiger partial charge in [0.05, 0.1) is 18.4 Å². The lowest BCUT2D eigenvalue weighted by Gasteiger charge is -2.28. The van der Waals surface area contributed by atoms with Crippen molar-refractivity contribution in [3.05, 3.63) is 57.0 Å². The molecule has 2 heterocycles. The number of hydrogen-bond donors (Lipinski definition) is 1. The molecular weight excluding hydrogens is 309 g/mol. The second kappa shape index (κ2) is 6.02. The summed E-state index contributed by atoms with van der Waals surface area (Å²) < 4.78 is 19.4. The second-order valence-corrected chi connectivity index (χ2v) is 6.53. The molecule has 1 fully saturated rings. The molecule has 0 bridgehead atoms. The quantitative estimate of drug-likeness (QED) is 0.935. The summed E-state index contributed by atoms with van der Waals surface area (Å²) in [6.07, 6.45) is 2.94. The van der Waals surface area contributed by atoms with Crippen molar-refractivity contribution in [1.82, 2.24) is 14.9 Å². The number of rotatable bonds is 4. The highest BCUT2D eigenvalue weighted by Crippen LogP contribution is 2.38. The van der Waals surface area contributed by atoms with E-state index in [0.29, 0.717) is 35.9 Å². The minimum absolute atomic E-state index is 0.0490. The molecule has 1 N–H and O–H groups in total. The number of aromatic amines is 1. The van der Waals surface area contributed by atoms with Crippen LogP contribution in [0.15, 0.2) is 23.0 Å². The van der Waals surface area contributed by atoms with E-state index in [0.717, 1.165) is 37.3 Å². The fourth-order valence-corrected chi connectivity index (χ4v) is 3.29. The van der Waals surface area contributed by atoms with Crippen LogP contribution in [0.1, 0.15) is 41.4 Å². The number of nitrogens with one attached hydrogen (secondary N) is 1. The van der Waals surface area contributed by atoms with Gasteiger partial charge in [-0.05, 0) is 25.0 Å². The van der Waals surface area contributed by atoms with Crippen LogP contribution in [0.3, 0.4) is 0 Å². The maximum Gasteiger partial charge on any atom is 0.255 e. The molecule has 1 aliphatic heterocycles. The average Bonchev–Trinajstić information content (AvgIpc) is 3.42. The second-order valence-electron chi connectivity index (χ2n) is 6.53. The summed E-state index contributed by atoms with van der Waals surface area (Å²) in [5.74, 6) is 1.53. The molecule has 5 nitrogen and oxygen atoms in total. The highest BCUT2D eigenvalue weighted by molar-refractivity contribution is 5.35. The van der Waals surface area contributed by atoms with E-state index in [-0.39, 0.29) is 11.4 Å². The fourth-order valence-electron chi connectivity index (χ4n) is 3.29. The first-order valence-electron chi connectivity index (χ1n) is 8.31. The maximum atomic E-state index is 14.1. The number of methoxy groups -OCH3 is 1. The number of benzene rings is 1. The van der Waals surface area contributed by atoms with Gasteiger partial charge in [-0.15, -0.1) is 0 Å². The number of H-pyrrole nitrogens is 1. The third-order valence-corrected chi connectivity index (χ3v) is 4.81. The molecule has 0 saturated heterocycles. The van der Waals surface area contributed by atoms with Crippen LogP contribution in [-0.4, -0.2) is 28.5 Å². The van der Waals surface area contributed by atoms with Gasteiger partial charge in [-0.1, -0.05) is 6.07 Å². The Morgan fingerprint density at radius 3 is 3.00 bits per heavy atom. The fraction of sp³-hybridized carbons (Fsp3) is 0.444. The number of nitrogens with zero attached hydrogens (tertiary/aromatic N) is 2. The monoisotopic (exact) mass is 329 g/mol. The lowest BCUT2D eigenvalue weighted by atomic mass is 10.1. The normalized spacial score (nSPS) is 17.6. The molecule has 126 valence electrons. The van der Waals surface area contributed by atoms with E-state index in [4.69, 9.17) is 4.74 Å². The molecule has 24 heavy (non-hydrogen) atoms. The predicted molar refractivity (Wildman–Crippen MR) is 87.6 cm³/mol. The Balaban J connectivity index is 1.58. The summed E-state index contributed by atoms with van der Waals surface area (Å²) in [5, 5.41) is 0. The van der Waals surface area contributed by atoms with Crippen LogP contribution in [0, 0.1) is 5.82 Å². The Labute approximate surface area is 139 Å². The SMILES string of the molecule is COc1cccc(F)c1CN1CCc2nc(C3CC3)[nH]c(=O)c2C1. The van der Waals surface area contributed by atoms with Gasteiger partial charge in [0.2, 0.25) is 0 Å². The molecule has 4 rings (SSSR count). The van der Waals surface area contributed by atoms with Gasteiger partial charge >= 0.3 is 0 Å². The molecule has 1 saturated carbocycles. The summed E-state index contributed by atoms with van der Waals surface area (Å²) >= 11 is 0. The summed E-state index contributed by atoms with van der Waals surface area (Å²) in [5.41, 5.74) is 2.09. The zero-order valence-corrected chi connectivity index (χ0v) is 13.6. The van der Waals surface area contributed by atoms with Gasteiger partial charge < -0.3 is 9.72 Å². The first-order chi connectivity index (χ1) is 11.7. The molecule has 0 spiro atoms. The molecule has 0 atom stereocenters. The van der Waals surface area contributed by atoms with E-state index >= 15 is 0 Å². The molecular formula is C18H20FN3O2. The van der Waals surface area contributed by atoms with Crippen LogP contribution in [0.4, 0.5) is 4.39 Å². The van der Waals surface area contributed by atoms with Crippen molar-refractivity contribution in [2.45, 2.75) is 38.3 Å². The van der Waals surface area contributed by atoms with Gasteiger partial charge in [-0.2, -0.15) is 0 Å². The van der Waals surface area contributed by atoms with Crippen LogP contribution in [0.2, 0.25) is 0 Å². The molecule has 1 aromatic heterocycles. The van der Waals surface area contributed by atoms with Crippen molar-refractivity contribution in [3.8, 4) is 5.75 Å². The van der Waals surface area contributed by atoms with E-state index < -0.39 is 0 Å². The van der Waals surface area contributed by atoms with Gasteiger partial charge in [0, 0.05) is 37.5 Å². The predicted octanol–water partition coefficient (Wildman–Crippen LogP) is 2.35. The van der Waals surface area contributed by atoms with Crippen LogP contribution in [0.5, 0.6) is 5.75 Å². The number of ether oxygens (including phenoxy) is 1. The van der Waals surface area contributed by atoms with Crippen molar-refractivity contribution < 1.29 is 9.13 Å². The number of hydrogen-bond acceptors (Lipinski definition) is 4. The third kappa shape index (κ3) is 2.82. The van der Waals surface area contributed by atoms with Crippen LogP contribution in [0.25, 0.3) is 0 Å². The highest BCUT2D eigenvalue weighted by Gasteiger charge is 2.29. The number of fused-ring (bicyclic) bond motifs is 1. The van der Waals surface area contributed by atoms with Crippen LogP contribution in [-0.2, 0) is 19.5 Å². The topological polar surface area (TPSA) is 58.2 Å². The lowest BCUT2D eigenvalue weighted by Crippen LogP contribution is -2.36. The Bertz CT molecular complexity index is 829. The van der Waals surface area contributed by atoms with Crippen molar-refractivity contribution in [1.29, 1.82) is 0 Å². The Hall–Kier alpha value is -2.21. The van der Waals surface area contributed by atoms with Crippen molar-refractivity contribution >= 4 is 0 Å². The standard InChI is InChI=1S/C18H20FN3O2/c1-24-16-4-2-3-14(19)12(16)9-22-8-7-15-13(10-22)18(23)21-17(20-15)11-5-6-11/h2-4,11H,5-10H2,1H3,(H,20,21,23). The zero-order valence-electron chi connectivity index (χ0n) is 13.6. The van der Waals surface area contributed by atoms with Gasteiger partial charge in [0.1, 0.15) is 17.4 Å². The third-order valence-electron chi connectivity index (χ3n) is 4.81. The zero-order chi connectivity index (χ0) is 16.7. The van der Waals surface area contributed by atoms with Crippen molar-refractivity contribution in [3.63, 3.8) is 0 Å². The van der Waals surface area contributed by atoms with E-state index in [9.17, 15) is 9.18 Å². The molecule has 0 unspecified atom stereocenters. The molecule has 1 aliphatic carbocycles. The van der Waals surface area contributed by atoms with Gasteiger partial charge in [0.15, 0.2) is 0 Å². The minimum atomic E-state index is -0.281. The summed E-state index contributed by atoms with van der Waals surface area (Å²) in [7, 11) is 1.54. The average molecular weight is 329 g/mol. The Morgan fingerprint density at radius 2 is 2.25 bits per heavy atom. The van der Waals surface area contributed by atoms with Crippen molar-refractivity contribution in [2.75, 3.05) is 13.7 Å². The highest BCUT2D eigenvalue weighted by atomic mass is 19.1. The van der Waals surface area contributed by atoms with E-state index in [1.165, 1.54) is 13.2 Å². The summed E-state index contributed by atoms with van der Waals surface area (Å²) in [6.45, 7) is 1.66. The van der Waals surface area contributed by atoms with E-state index in [2.05, 4.69) is 14.9 Å². The van der Waals surface area contributed by atoms with Crippen LogP contribution >= 0.6 is 0 Å². The van der Waals surface area contributed by atoms with E-state index in [1.54, 1.807) is 12.1 Å². The number of halogens is 1. The minimum Gasteiger partial charge on any atom is -0.496 e. The van der Waals surface area contributed by atoms with Crippen molar-refractivity contribution in [2.24, 2.45) is 0 Å². The molecule has 0 amide bonds. The Morgan fingerprint density at radius 1 is 1.42 bits per heavy atom. The largest absolute Gasteiger partial charge is 0.496 e. The van der Waals surface area contributed by atoms with Gasteiger partial charge in [-0.25, -0.2) is 9.37 Å².